The second-order valence-corrected chi connectivity index (χ2v) is 2.00. The van der Waals surface area contributed by atoms with E-state index >= 15 is 0 Å². The van der Waals surface area contributed by atoms with Crippen molar-refractivity contribution < 1.29 is 9.84 Å². The maximum Gasteiger partial charge on any atom is 0.0948 e. The molecule has 1 aliphatic rings. The van der Waals surface area contributed by atoms with Crippen LogP contribution in [0, 0.1) is 0 Å². The molecule has 0 spiro atoms. The fourth-order valence-electron chi connectivity index (χ4n) is 0.819. The molecular formula is C5H11NO2. The standard InChI is InChI=1S/C5H11NO2/c1-6-4-2-8-3-5(4)7/h4-7H,2-3H2,1H3/t4-,5+/m1/s1. The number of hydrogen-bond donors (Lipinski definition) is 2. The Labute approximate surface area is 48.7 Å². The van der Waals surface area contributed by atoms with Crippen LogP contribution in [0.5, 0.6) is 0 Å². The highest BCUT2D eigenvalue weighted by Gasteiger charge is 2.23. The molecule has 0 amide bonds. The van der Waals surface area contributed by atoms with Crippen molar-refractivity contribution >= 4 is 0 Å². The van der Waals surface area contributed by atoms with Gasteiger partial charge < -0.3 is 15.2 Å². The Hall–Kier alpha value is -0.120. The Balaban J connectivity index is 2.30. The van der Waals surface area contributed by atoms with Gasteiger partial charge in [0, 0.05) is 0 Å². The second-order valence-electron chi connectivity index (χ2n) is 2.00. The van der Waals surface area contributed by atoms with Crippen LogP contribution in [0.4, 0.5) is 0 Å². The van der Waals surface area contributed by atoms with Gasteiger partial charge in [-0.3, -0.25) is 0 Å². The van der Waals surface area contributed by atoms with E-state index in [1.807, 2.05) is 7.05 Å². The molecule has 0 saturated carbocycles. The lowest BCUT2D eigenvalue weighted by atomic mass is 10.2. The number of rotatable bonds is 1. The van der Waals surface area contributed by atoms with Crippen molar-refractivity contribution in [2.45, 2.75) is 12.1 Å². The van der Waals surface area contributed by atoms with Crippen molar-refractivity contribution in [1.82, 2.24) is 5.32 Å². The average Bonchev–Trinajstić information content (AvgIpc) is 2.14. The number of likely N-dealkylation sites (N-methyl/N-ethyl adjacent to an activating group) is 1. The molecule has 0 unspecified atom stereocenters. The summed E-state index contributed by atoms with van der Waals surface area (Å²) in [6, 6.07) is 0.148. The van der Waals surface area contributed by atoms with Crippen LogP contribution in [-0.4, -0.2) is 37.5 Å². The summed E-state index contributed by atoms with van der Waals surface area (Å²) in [5.41, 5.74) is 0. The van der Waals surface area contributed by atoms with Gasteiger partial charge in [-0.25, -0.2) is 0 Å². The third-order valence-electron chi connectivity index (χ3n) is 1.42. The lowest BCUT2D eigenvalue weighted by Crippen LogP contribution is -2.35. The van der Waals surface area contributed by atoms with Crippen LogP contribution in [0.2, 0.25) is 0 Å². The zero-order valence-electron chi connectivity index (χ0n) is 4.92. The van der Waals surface area contributed by atoms with Crippen LogP contribution in [-0.2, 0) is 4.74 Å². The van der Waals surface area contributed by atoms with Gasteiger partial charge in [0.2, 0.25) is 0 Å². The van der Waals surface area contributed by atoms with Crippen molar-refractivity contribution in [2.75, 3.05) is 20.3 Å². The SMILES string of the molecule is CN[C@@H]1COC[C@@H]1O. The summed E-state index contributed by atoms with van der Waals surface area (Å²) < 4.78 is 4.95. The molecule has 8 heavy (non-hydrogen) atoms. The number of ether oxygens (including phenoxy) is 1. The van der Waals surface area contributed by atoms with Gasteiger partial charge in [-0.15, -0.1) is 0 Å². The van der Waals surface area contributed by atoms with Gasteiger partial charge >= 0.3 is 0 Å². The summed E-state index contributed by atoms with van der Waals surface area (Å²) in [4.78, 5) is 0. The normalized spacial score (nSPS) is 38.2. The number of aliphatic hydroxyl groups excluding tert-OH is 1. The van der Waals surface area contributed by atoms with Gasteiger partial charge in [-0.2, -0.15) is 0 Å². The Morgan fingerprint density at radius 2 is 2.38 bits per heavy atom. The summed E-state index contributed by atoms with van der Waals surface area (Å²) in [6.45, 7) is 1.11. The first-order valence-corrected chi connectivity index (χ1v) is 2.77. The lowest BCUT2D eigenvalue weighted by molar-refractivity contribution is 0.123. The minimum atomic E-state index is -0.306. The highest BCUT2D eigenvalue weighted by atomic mass is 16.5. The Kier molecular flexibility index (Phi) is 1.83. The zero-order valence-corrected chi connectivity index (χ0v) is 4.92. The molecule has 0 radical (unpaired) electrons. The van der Waals surface area contributed by atoms with Crippen LogP contribution < -0.4 is 5.32 Å². The van der Waals surface area contributed by atoms with Crippen LogP contribution in [0.3, 0.4) is 0 Å². The molecule has 48 valence electrons. The van der Waals surface area contributed by atoms with E-state index in [9.17, 15) is 0 Å². The molecule has 1 aliphatic heterocycles. The summed E-state index contributed by atoms with van der Waals surface area (Å²) >= 11 is 0. The topological polar surface area (TPSA) is 41.5 Å². The minimum absolute atomic E-state index is 0.148. The van der Waals surface area contributed by atoms with Crippen molar-refractivity contribution in [3.05, 3.63) is 0 Å². The first-order valence-electron chi connectivity index (χ1n) is 2.77. The van der Waals surface area contributed by atoms with Crippen molar-refractivity contribution in [1.29, 1.82) is 0 Å². The van der Waals surface area contributed by atoms with Gasteiger partial charge in [0.1, 0.15) is 0 Å². The third-order valence-corrected chi connectivity index (χ3v) is 1.42. The molecule has 1 heterocycles. The minimum Gasteiger partial charge on any atom is -0.389 e. The molecule has 0 aromatic heterocycles. The Bertz CT molecular complexity index is 76.8. The molecule has 0 bridgehead atoms. The fourth-order valence-corrected chi connectivity index (χ4v) is 0.819. The summed E-state index contributed by atoms with van der Waals surface area (Å²) in [6.07, 6.45) is -0.306. The molecule has 3 nitrogen and oxygen atoms in total. The van der Waals surface area contributed by atoms with Gasteiger partial charge in [-0.05, 0) is 7.05 Å². The summed E-state index contributed by atoms with van der Waals surface area (Å²) in [5, 5.41) is 11.9. The monoisotopic (exact) mass is 117 g/mol. The Morgan fingerprint density at radius 3 is 2.62 bits per heavy atom. The quantitative estimate of drug-likeness (QED) is 0.461. The summed E-state index contributed by atoms with van der Waals surface area (Å²) in [5.74, 6) is 0. The molecule has 0 aromatic carbocycles. The number of nitrogens with one attached hydrogen (secondary N) is 1. The molecule has 1 fully saturated rings. The van der Waals surface area contributed by atoms with Gasteiger partial charge in [0.15, 0.2) is 0 Å². The largest absolute Gasteiger partial charge is 0.389 e. The molecule has 0 aromatic rings. The van der Waals surface area contributed by atoms with Gasteiger partial charge in [0.05, 0.1) is 25.4 Å². The van der Waals surface area contributed by atoms with E-state index in [0.717, 1.165) is 0 Å². The molecule has 1 saturated heterocycles. The van der Waals surface area contributed by atoms with Crippen LogP contribution in [0.25, 0.3) is 0 Å². The highest BCUT2D eigenvalue weighted by Crippen LogP contribution is 2.02. The van der Waals surface area contributed by atoms with Crippen molar-refractivity contribution in [3.63, 3.8) is 0 Å². The van der Waals surface area contributed by atoms with E-state index in [0.29, 0.717) is 13.2 Å². The molecule has 2 N–H and O–H groups in total. The molecule has 2 atom stereocenters. The van der Waals surface area contributed by atoms with E-state index in [2.05, 4.69) is 5.32 Å². The maximum absolute atomic E-state index is 9.00. The van der Waals surface area contributed by atoms with E-state index in [-0.39, 0.29) is 12.1 Å². The molecule has 3 heteroatoms. The van der Waals surface area contributed by atoms with Crippen LogP contribution >= 0.6 is 0 Å². The van der Waals surface area contributed by atoms with Crippen LogP contribution in [0.1, 0.15) is 0 Å². The van der Waals surface area contributed by atoms with E-state index in [1.54, 1.807) is 0 Å². The highest BCUT2D eigenvalue weighted by molar-refractivity contribution is 4.78. The summed E-state index contributed by atoms with van der Waals surface area (Å²) in [7, 11) is 1.82. The van der Waals surface area contributed by atoms with E-state index < -0.39 is 0 Å². The smallest absolute Gasteiger partial charge is 0.0948 e. The molecule has 1 rings (SSSR count). The first kappa shape index (κ1) is 6.01. The molecular weight excluding hydrogens is 106 g/mol. The first-order chi connectivity index (χ1) is 3.84. The third kappa shape index (κ3) is 0.992. The fraction of sp³-hybridized carbons (Fsp3) is 1.00. The number of hydrogen-bond acceptors (Lipinski definition) is 3. The zero-order chi connectivity index (χ0) is 5.98. The maximum atomic E-state index is 9.00. The average molecular weight is 117 g/mol. The van der Waals surface area contributed by atoms with Gasteiger partial charge in [0.25, 0.3) is 0 Å². The number of aliphatic hydroxyl groups is 1. The van der Waals surface area contributed by atoms with Crippen molar-refractivity contribution in [3.8, 4) is 0 Å². The van der Waals surface area contributed by atoms with Gasteiger partial charge in [-0.1, -0.05) is 0 Å². The predicted octanol–water partition coefficient (Wildman–Crippen LogP) is -1.03. The molecule has 0 aliphatic carbocycles. The lowest BCUT2D eigenvalue weighted by Gasteiger charge is -2.08. The predicted molar refractivity (Wildman–Crippen MR) is 29.7 cm³/mol. The van der Waals surface area contributed by atoms with Crippen LogP contribution in [0.15, 0.2) is 0 Å². The second kappa shape index (κ2) is 2.44. The Morgan fingerprint density at radius 1 is 1.62 bits per heavy atom. The van der Waals surface area contributed by atoms with E-state index in [1.165, 1.54) is 0 Å². The van der Waals surface area contributed by atoms with Crippen molar-refractivity contribution in [2.24, 2.45) is 0 Å². The van der Waals surface area contributed by atoms with E-state index in [4.69, 9.17) is 9.84 Å².